The highest BCUT2D eigenvalue weighted by Gasteiger charge is 2.32. The Hall–Kier alpha value is -3.69. The minimum Gasteiger partial charge on any atom is -0.503 e. The van der Waals surface area contributed by atoms with Crippen molar-refractivity contribution in [1.29, 1.82) is 0 Å². The minimum atomic E-state index is -0.687. The van der Waals surface area contributed by atoms with Crippen LogP contribution >= 0.6 is 0 Å². The molecular weight excluding hydrogens is 414 g/mol. The number of hydrogen-bond donors (Lipinski definition) is 2. The fourth-order valence-corrected chi connectivity index (χ4v) is 4.07. The molecule has 5 rings (SSSR count). The number of aromatic hydroxyl groups is 1. The second-order valence-electron chi connectivity index (χ2n) is 8.49. The lowest BCUT2D eigenvalue weighted by atomic mass is 10.1. The van der Waals surface area contributed by atoms with Gasteiger partial charge in [0, 0.05) is 37.3 Å². The first-order valence-electron chi connectivity index (χ1n) is 10.6. The summed E-state index contributed by atoms with van der Waals surface area (Å²) in [4.78, 5) is 51.3. The van der Waals surface area contributed by atoms with Gasteiger partial charge in [0.15, 0.2) is 17.1 Å². The van der Waals surface area contributed by atoms with Crippen molar-refractivity contribution in [2.45, 2.75) is 51.8 Å². The van der Waals surface area contributed by atoms with Crippen LogP contribution in [-0.2, 0) is 17.9 Å². The lowest BCUT2D eigenvalue weighted by Crippen LogP contribution is -2.46. The van der Waals surface area contributed by atoms with Gasteiger partial charge in [0.2, 0.25) is 5.43 Å². The largest absolute Gasteiger partial charge is 0.503 e. The number of nitrogens with zero attached hydrogens (tertiary/aromatic N) is 4. The summed E-state index contributed by atoms with van der Waals surface area (Å²) in [7, 11) is 0. The molecule has 10 nitrogen and oxygen atoms in total. The van der Waals surface area contributed by atoms with Gasteiger partial charge in [-0.1, -0.05) is 0 Å². The van der Waals surface area contributed by atoms with Crippen LogP contribution in [0.2, 0.25) is 0 Å². The first kappa shape index (κ1) is 20.2. The molecule has 1 aliphatic heterocycles. The fraction of sp³-hybridized carbons (Fsp3) is 0.409. The Kier molecular flexibility index (Phi) is 4.72. The molecule has 2 aliphatic rings. The van der Waals surface area contributed by atoms with Gasteiger partial charge in [0.1, 0.15) is 17.7 Å². The summed E-state index contributed by atoms with van der Waals surface area (Å²) in [6.45, 7) is 4.32. The number of aromatic nitrogens is 4. The fourth-order valence-electron chi connectivity index (χ4n) is 4.07. The van der Waals surface area contributed by atoms with E-state index < -0.39 is 23.1 Å². The Bertz CT molecular complexity index is 1300. The average molecular weight is 437 g/mol. The molecule has 1 aliphatic carbocycles. The highest BCUT2D eigenvalue weighted by molar-refractivity contribution is 6.01. The van der Waals surface area contributed by atoms with Gasteiger partial charge in [-0.2, -0.15) is 0 Å². The molecule has 0 atom stereocenters. The maximum absolute atomic E-state index is 12.8. The van der Waals surface area contributed by atoms with Crippen molar-refractivity contribution in [2.75, 3.05) is 6.54 Å². The molecule has 10 heteroatoms. The normalized spacial score (nSPS) is 16.0. The molecule has 2 N–H and O–H groups in total. The lowest BCUT2D eigenvalue weighted by Gasteiger charge is -2.34. The van der Waals surface area contributed by atoms with Crippen LogP contribution in [0.3, 0.4) is 0 Å². The predicted molar refractivity (Wildman–Crippen MR) is 114 cm³/mol. The topological polar surface area (TPSA) is 130 Å². The van der Waals surface area contributed by atoms with Gasteiger partial charge in [-0.3, -0.25) is 9.59 Å². The van der Waals surface area contributed by atoms with E-state index in [1.807, 2.05) is 13.8 Å². The maximum Gasteiger partial charge on any atom is 0.342 e. The summed E-state index contributed by atoms with van der Waals surface area (Å²) >= 11 is 0. The van der Waals surface area contributed by atoms with Crippen molar-refractivity contribution in [3.8, 4) is 5.75 Å². The molecule has 3 aromatic heterocycles. The molecule has 1 saturated carbocycles. The number of amides is 1. The molecule has 0 bridgehead atoms. The van der Waals surface area contributed by atoms with Gasteiger partial charge in [-0.25, -0.2) is 14.8 Å². The highest BCUT2D eigenvalue weighted by Crippen LogP contribution is 2.39. The van der Waals surface area contributed by atoms with E-state index in [-0.39, 0.29) is 23.9 Å². The Morgan fingerprint density at radius 3 is 2.81 bits per heavy atom. The predicted octanol–water partition coefficient (Wildman–Crippen LogP) is 1.92. The van der Waals surface area contributed by atoms with Crippen LogP contribution in [-0.4, -0.2) is 54.0 Å². The van der Waals surface area contributed by atoms with Gasteiger partial charge in [-0.15, -0.1) is 0 Å². The molecule has 4 heterocycles. The molecule has 0 saturated heterocycles. The second-order valence-corrected chi connectivity index (χ2v) is 8.49. The smallest absolute Gasteiger partial charge is 0.342 e. The number of carbonyl (C=O) groups is 2. The van der Waals surface area contributed by atoms with Crippen LogP contribution in [0.15, 0.2) is 23.3 Å². The number of rotatable bonds is 5. The number of esters is 1. The van der Waals surface area contributed by atoms with Crippen LogP contribution in [0.1, 0.15) is 64.8 Å². The third-order valence-electron chi connectivity index (χ3n) is 5.99. The Labute approximate surface area is 182 Å². The molecule has 0 unspecified atom stereocenters. The monoisotopic (exact) mass is 437 g/mol. The van der Waals surface area contributed by atoms with E-state index >= 15 is 0 Å². The van der Waals surface area contributed by atoms with E-state index in [0.717, 1.165) is 18.5 Å². The van der Waals surface area contributed by atoms with Crippen molar-refractivity contribution >= 4 is 23.0 Å². The van der Waals surface area contributed by atoms with Gasteiger partial charge in [0.25, 0.3) is 5.91 Å². The zero-order chi connectivity index (χ0) is 22.6. The number of aromatic amines is 1. The number of ether oxygens (including phenoxy) is 1. The zero-order valence-corrected chi connectivity index (χ0v) is 17.8. The van der Waals surface area contributed by atoms with Crippen LogP contribution < -0.4 is 5.43 Å². The Balaban J connectivity index is 1.42. The van der Waals surface area contributed by atoms with Crippen LogP contribution in [0.25, 0.3) is 11.2 Å². The van der Waals surface area contributed by atoms with Crippen molar-refractivity contribution in [3.63, 3.8) is 0 Å². The quantitative estimate of drug-likeness (QED) is 0.583. The summed E-state index contributed by atoms with van der Waals surface area (Å²) < 4.78 is 7.02. The summed E-state index contributed by atoms with van der Waals surface area (Å²) in [5.74, 6) is -1.23. The Morgan fingerprint density at radius 2 is 2.09 bits per heavy atom. The molecule has 1 fully saturated rings. The Morgan fingerprint density at radius 1 is 1.31 bits per heavy atom. The minimum absolute atomic E-state index is 0.0734. The van der Waals surface area contributed by atoms with E-state index in [1.54, 1.807) is 15.7 Å². The third-order valence-corrected chi connectivity index (χ3v) is 5.99. The number of pyridine rings is 1. The van der Waals surface area contributed by atoms with Gasteiger partial charge < -0.3 is 24.3 Å². The number of H-pyrrole nitrogens is 1. The molecule has 3 aromatic rings. The number of fused-ring (bicyclic) bond motifs is 2. The number of hydrogen-bond acceptors (Lipinski definition) is 7. The maximum atomic E-state index is 12.8. The molecule has 0 spiro atoms. The molecule has 1 amide bonds. The SMILES string of the molecule is CC(C)N1CCn2c(COC(=O)c3c[nH]c4ncc(C5CC5)nc34)cc(=O)c(O)c2C1=O. The lowest BCUT2D eigenvalue weighted by molar-refractivity contribution is 0.0459. The zero-order valence-electron chi connectivity index (χ0n) is 17.8. The molecule has 0 aromatic carbocycles. The van der Waals surface area contributed by atoms with Gasteiger partial charge in [0.05, 0.1) is 17.6 Å². The van der Waals surface area contributed by atoms with Crippen molar-refractivity contribution < 1.29 is 19.4 Å². The average Bonchev–Trinajstić information content (AvgIpc) is 3.53. The summed E-state index contributed by atoms with van der Waals surface area (Å²) in [5.41, 5.74) is 1.66. The standard InChI is InChI=1S/C22H23N5O5/c1-11(2)26-5-6-27-13(7-16(28)19(29)18(27)21(26)30)10-32-22(31)14-8-23-20-17(14)25-15(9-24-20)12-3-4-12/h7-9,11-12,29H,3-6,10H2,1-2H3,(H,23,24). The van der Waals surface area contributed by atoms with Crippen molar-refractivity contribution in [2.24, 2.45) is 0 Å². The molecule has 166 valence electrons. The van der Waals surface area contributed by atoms with Crippen LogP contribution in [0, 0.1) is 0 Å². The third kappa shape index (κ3) is 3.31. The molecular formula is C22H23N5O5. The van der Waals surface area contributed by atoms with Crippen LogP contribution in [0.4, 0.5) is 0 Å². The summed E-state index contributed by atoms with van der Waals surface area (Å²) in [5, 5.41) is 10.3. The van der Waals surface area contributed by atoms with Gasteiger partial charge in [-0.05, 0) is 26.7 Å². The van der Waals surface area contributed by atoms with Crippen molar-refractivity contribution in [3.05, 3.63) is 51.3 Å². The van der Waals surface area contributed by atoms with E-state index in [1.165, 1.54) is 12.3 Å². The summed E-state index contributed by atoms with van der Waals surface area (Å²) in [6, 6.07) is 1.13. The molecule has 0 radical (unpaired) electrons. The van der Waals surface area contributed by atoms with Crippen molar-refractivity contribution in [1.82, 2.24) is 24.4 Å². The highest BCUT2D eigenvalue weighted by atomic mass is 16.5. The van der Waals surface area contributed by atoms with E-state index in [0.29, 0.717) is 35.9 Å². The number of nitrogens with one attached hydrogen (secondary N) is 1. The van der Waals surface area contributed by atoms with E-state index in [2.05, 4.69) is 15.0 Å². The van der Waals surface area contributed by atoms with Crippen LogP contribution in [0.5, 0.6) is 5.75 Å². The van der Waals surface area contributed by atoms with Gasteiger partial charge >= 0.3 is 5.97 Å². The first-order valence-corrected chi connectivity index (χ1v) is 10.6. The first-order chi connectivity index (χ1) is 15.3. The number of carbonyl (C=O) groups excluding carboxylic acids is 2. The second kappa shape index (κ2) is 7.47. The molecule has 32 heavy (non-hydrogen) atoms. The summed E-state index contributed by atoms with van der Waals surface area (Å²) in [6.07, 6.45) is 5.36. The van der Waals surface area contributed by atoms with E-state index in [9.17, 15) is 19.5 Å². The van der Waals surface area contributed by atoms with E-state index in [4.69, 9.17) is 4.74 Å².